The minimum absolute atomic E-state index is 0.171. The van der Waals surface area contributed by atoms with Gasteiger partial charge in [-0.25, -0.2) is 4.98 Å². The number of hydrazone groups is 1. The van der Waals surface area contributed by atoms with Crippen LogP contribution in [0.1, 0.15) is 5.56 Å². The maximum atomic E-state index is 9.57. The summed E-state index contributed by atoms with van der Waals surface area (Å²) >= 11 is 6.52. The van der Waals surface area contributed by atoms with Gasteiger partial charge in [0, 0.05) is 6.20 Å². The fourth-order valence-electron chi connectivity index (χ4n) is 1.26. The van der Waals surface area contributed by atoms with Gasteiger partial charge < -0.3 is 5.11 Å². The zero-order valence-corrected chi connectivity index (χ0v) is 12.3. The molecule has 2 rings (SSSR count). The standard InChI is InChI=1S/C12H9Br2N3O/c13-9-5-8(6-10(14)12(9)18)7-16-17-11-3-1-2-4-15-11/h1-7,18H,(H,15,17)/b16-7+. The molecular weight excluding hydrogens is 362 g/mol. The second kappa shape index (κ2) is 5.97. The lowest BCUT2D eigenvalue weighted by molar-refractivity contribution is 0.468. The highest BCUT2D eigenvalue weighted by Crippen LogP contribution is 2.32. The molecule has 18 heavy (non-hydrogen) atoms. The second-order valence-corrected chi connectivity index (χ2v) is 5.13. The van der Waals surface area contributed by atoms with E-state index in [4.69, 9.17) is 0 Å². The number of aromatic nitrogens is 1. The van der Waals surface area contributed by atoms with Crippen molar-refractivity contribution in [1.82, 2.24) is 4.98 Å². The topological polar surface area (TPSA) is 57.5 Å². The molecule has 92 valence electrons. The Bertz CT molecular complexity index is 550. The molecule has 1 aromatic heterocycles. The van der Waals surface area contributed by atoms with Gasteiger partial charge in [0.2, 0.25) is 0 Å². The van der Waals surface area contributed by atoms with Crippen LogP contribution in [0.25, 0.3) is 0 Å². The predicted molar refractivity (Wildman–Crippen MR) is 79.0 cm³/mol. The Balaban J connectivity index is 2.10. The number of hydrogen-bond acceptors (Lipinski definition) is 4. The summed E-state index contributed by atoms with van der Waals surface area (Å²) in [5, 5.41) is 13.6. The second-order valence-electron chi connectivity index (χ2n) is 3.42. The summed E-state index contributed by atoms with van der Waals surface area (Å²) in [4.78, 5) is 4.08. The van der Waals surface area contributed by atoms with Crippen LogP contribution in [0.4, 0.5) is 5.82 Å². The van der Waals surface area contributed by atoms with E-state index in [1.807, 2.05) is 18.2 Å². The summed E-state index contributed by atoms with van der Waals surface area (Å²) in [6, 6.07) is 9.06. The summed E-state index contributed by atoms with van der Waals surface area (Å²) < 4.78 is 1.22. The van der Waals surface area contributed by atoms with E-state index in [1.165, 1.54) is 0 Å². The van der Waals surface area contributed by atoms with Crippen molar-refractivity contribution in [3.63, 3.8) is 0 Å². The summed E-state index contributed by atoms with van der Waals surface area (Å²) in [6.45, 7) is 0. The highest BCUT2D eigenvalue weighted by atomic mass is 79.9. The first-order valence-corrected chi connectivity index (χ1v) is 6.63. The monoisotopic (exact) mass is 369 g/mol. The smallest absolute Gasteiger partial charge is 0.146 e. The number of aromatic hydroxyl groups is 1. The quantitative estimate of drug-likeness (QED) is 0.638. The zero-order valence-electron chi connectivity index (χ0n) is 9.14. The number of halogens is 2. The summed E-state index contributed by atoms with van der Waals surface area (Å²) in [6.07, 6.45) is 3.33. The number of rotatable bonds is 3. The summed E-state index contributed by atoms with van der Waals surface area (Å²) in [5.74, 6) is 0.843. The van der Waals surface area contributed by atoms with Crippen molar-refractivity contribution < 1.29 is 5.11 Å². The van der Waals surface area contributed by atoms with Gasteiger partial charge in [-0.15, -0.1) is 0 Å². The molecule has 0 radical (unpaired) electrons. The molecule has 6 heteroatoms. The maximum absolute atomic E-state index is 9.57. The van der Waals surface area contributed by atoms with E-state index in [0.29, 0.717) is 14.8 Å². The van der Waals surface area contributed by atoms with Gasteiger partial charge >= 0.3 is 0 Å². The van der Waals surface area contributed by atoms with Crippen LogP contribution in [0.2, 0.25) is 0 Å². The van der Waals surface area contributed by atoms with Crippen molar-refractivity contribution in [2.24, 2.45) is 5.10 Å². The van der Waals surface area contributed by atoms with Gasteiger partial charge in [-0.05, 0) is 61.7 Å². The SMILES string of the molecule is Oc1c(Br)cc(/C=N/Nc2ccccn2)cc1Br. The number of anilines is 1. The number of nitrogens with zero attached hydrogens (tertiary/aromatic N) is 2. The van der Waals surface area contributed by atoms with Gasteiger partial charge in [-0.1, -0.05) is 6.07 Å². The number of pyridine rings is 1. The van der Waals surface area contributed by atoms with Crippen molar-refractivity contribution >= 4 is 43.9 Å². The molecule has 0 saturated carbocycles. The van der Waals surface area contributed by atoms with Crippen molar-refractivity contribution in [2.75, 3.05) is 5.43 Å². The first-order chi connectivity index (χ1) is 8.66. The molecule has 0 amide bonds. The van der Waals surface area contributed by atoms with Gasteiger partial charge in [0.1, 0.15) is 11.6 Å². The Morgan fingerprint density at radius 1 is 1.22 bits per heavy atom. The average molecular weight is 371 g/mol. The number of hydrogen-bond donors (Lipinski definition) is 2. The molecule has 4 nitrogen and oxygen atoms in total. The lowest BCUT2D eigenvalue weighted by Gasteiger charge is -2.02. The number of benzene rings is 1. The van der Waals surface area contributed by atoms with Crippen molar-refractivity contribution in [1.29, 1.82) is 0 Å². The molecule has 0 aliphatic heterocycles. The van der Waals surface area contributed by atoms with Crippen molar-refractivity contribution in [2.45, 2.75) is 0 Å². The lowest BCUT2D eigenvalue weighted by Crippen LogP contribution is -1.92. The molecule has 0 aliphatic carbocycles. The maximum Gasteiger partial charge on any atom is 0.146 e. The molecule has 0 atom stereocenters. The first kappa shape index (κ1) is 13.0. The van der Waals surface area contributed by atoms with E-state index in [-0.39, 0.29) is 5.75 Å². The van der Waals surface area contributed by atoms with E-state index >= 15 is 0 Å². The molecule has 2 N–H and O–H groups in total. The van der Waals surface area contributed by atoms with E-state index in [0.717, 1.165) is 5.56 Å². The normalized spacial score (nSPS) is 10.8. The molecule has 0 aliphatic rings. The number of phenolic OH excluding ortho intramolecular Hbond substituents is 1. The number of nitrogens with one attached hydrogen (secondary N) is 1. The van der Waals surface area contributed by atoms with Crippen LogP contribution in [0.3, 0.4) is 0 Å². The number of phenols is 1. The van der Waals surface area contributed by atoms with Crippen LogP contribution in [0, 0.1) is 0 Å². The van der Waals surface area contributed by atoms with Crippen LogP contribution in [-0.4, -0.2) is 16.3 Å². The fraction of sp³-hybridized carbons (Fsp3) is 0. The van der Waals surface area contributed by atoms with E-state index in [1.54, 1.807) is 24.5 Å². The Labute approximate surface area is 121 Å². The summed E-state index contributed by atoms with van der Waals surface area (Å²) in [7, 11) is 0. The van der Waals surface area contributed by atoms with Crippen molar-refractivity contribution in [3.05, 3.63) is 51.0 Å². The van der Waals surface area contributed by atoms with Gasteiger partial charge in [-0.3, -0.25) is 5.43 Å². The molecule has 0 saturated heterocycles. The van der Waals surface area contributed by atoms with Crippen LogP contribution >= 0.6 is 31.9 Å². The lowest BCUT2D eigenvalue weighted by atomic mass is 10.2. The van der Waals surface area contributed by atoms with Gasteiger partial charge in [0.15, 0.2) is 0 Å². The largest absolute Gasteiger partial charge is 0.506 e. The van der Waals surface area contributed by atoms with Crippen LogP contribution < -0.4 is 5.43 Å². The van der Waals surface area contributed by atoms with Crippen molar-refractivity contribution in [3.8, 4) is 5.75 Å². The van der Waals surface area contributed by atoms with E-state index in [2.05, 4.69) is 47.4 Å². The van der Waals surface area contributed by atoms with Gasteiger partial charge in [0.25, 0.3) is 0 Å². The molecule has 0 bridgehead atoms. The van der Waals surface area contributed by atoms with Gasteiger partial charge in [-0.2, -0.15) is 5.10 Å². The highest BCUT2D eigenvalue weighted by Gasteiger charge is 2.04. The Kier molecular flexibility index (Phi) is 4.33. The zero-order chi connectivity index (χ0) is 13.0. The minimum Gasteiger partial charge on any atom is -0.506 e. The summed E-state index contributed by atoms with van der Waals surface area (Å²) in [5.41, 5.74) is 3.65. The molecule has 1 aromatic carbocycles. The Morgan fingerprint density at radius 2 is 1.94 bits per heavy atom. The molecule has 0 unspecified atom stereocenters. The molecular formula is C12H9Br2N3O. The molecule has 0 spiro atoms. The van der Waals surface area contributed by atoms with Crippen LogP contribution in [0.5, 0.6) is 5.75 Å². The predicted octanol–water partition coefficient (Wildman–Crippen LogP) is 3.76. The fourth-order valence-corrected chi connectivity index (χ4v) is 2.48. The third-order valence-corrected chi connectivity index (χ3v) is 3.31. The van der Waals surface area contributed by atoms with Gasteiger partial charge in [0.05, 0.1) is 15.2 Å². The highest BCUT2D eigenvalue weighted by molar-refractivity contribution is 9.11. The molecule has 0 fully saturated rings. The molecule has 1 heterocycles. The van der Waals surface area contributed by atoms with E-state index in [9.17, 15) is 5.11 Å². The third-order valence-electron chi connectivity index (χ3n) is 2.10. The minimum atomic E-state index is 0.171. The Morgan fingerprint density at radius 3 is 2.56 bits per heavy atom. The Hall–Kier alpha value is -1.40. The van der Waals surface area contributed by atoms with Crippen LogP contribution in [0.15, 0.2) is 50.6 Å². The molecule has 2 aromatic rings. The average Bonchev–Trinajstić information content (AvgIpc) is 2.37. The first-order valence-electron chi connectivity index (χ1n) is 5.05. The third kappa shape index (κ3) is 3.30. The van der Waals surface area contributed by atoms with Crippen LogP contribution in [-0.2, 0) is 0 Å². The van der Waals surface area contributed by atoms with E-state index < -0.39 is 0 Å².